The molecule has 0 saturated heterocycles. The molecule has 1 rings (SSSR count). The van der Waals surface area contributed by atoms with Gasteiger partial charge in [-0.25, -0.2) is 4.39 Å². The molecule has 0 N–H and O–H groups in total. The van der Waals surface area contributed by atoms with Crippen molar-refractivity contribution < 1.29 is 13.9 Å². The van der Waals surface area contributed by atoms with Gasteiger partial charge in [0.2, 0.25) is 0 Å². The number of halogens is 1. The highest BCUT2D eigenvalue weighted by atomic mass is 19.1. The smallest absolute Gasteiger partial charge is 0.263 e. The van der Waals surface area contributed by atoms with Crippen LogP contribution in [0.25, 0.3) is 0 Å². The molecule has 0 saturated carbocycles. The predicted molar refractivity (Wildman–Crippen MR) is 73.7 cm³/mol. The Kier molecular flexibility index (Phi) is 6.33. The van der Waals surface area contributed by atoms with Crippen LogP contribution in [0.4, 0.5) is 4.39 Å². The number of likely N-dealkylation sites (N-methyl/N-ethyl adjacent to an activating group) is 1. The predicted octanol–water partition coefficient (Wildman–Crippen LogP) is 3.24. The van der Waals surface area contributed by atoms with E-state index < -0.39 is 6.10 Å². The average molecular weight is 267 g/mol. The highest BCUT2D eigenvalue weighted by molar-refractivity contribution is 5.80. The molecule has 0 heterocycles. The lowest BCUT2D eigenvalue weighted by Gasteiger charge is -2.24. The summed E-state index contributed by atoms with van der Waals surface area (Å²) in [5.74, 6) is -0.0388. The van der Waals surface area contributed by atoms with Crippen molar-refractivity contribution in [3.8, 4) is 5.75 Å². The van der Waals surface area contributed by atoms with E-state index in [4.69, 9.17) is 4.74 Å². The molecule has 0 aliphatic rings. The first-order valence-electron chi connectivity index (χ1n) is 6.79. The Labute approximate surface area is 114 Å². The zero-order valence-corrected chi connectivity index (χ0v) is 11.9. The molecule has 0 fully saturated rings. The second kappa shape index (κ2) is 7.77. The van der Waals surface area contributed by atoms with E-state index >= 15 is 0 Å². The minimum absolute atomic E-state index is 0.0554. The average Bonchev–Trinajstić information content (AvgIpc) is 2.39. The van der Waals surface area contributed by atoms with E-state index in [9.17, 15) is 9.18 Å². The molecule has 3 nitrogen and oxygen atoms in total. The van der Waals surface area contributed by atoms with Gasteiger partial charge in [-0.05, 0) is 32.4 Å². The summed E-state index contributed by atoms with van der Waals surface area (Å²) in [5.41, 5.74) is 0. The first-order chi connectivity index (χ1) is 9.08. The van der Waals surface area contributed by atoms with Gasteiger partial charge in [-0.15, -0.1) is 0 Å². The van der Waals surface area contributed by atoms with E-state index in [2.05, 4.69) is 6.92 Å². The molecule has 0 spiro atoms. The van der Waals surface area contributed by atoms with Crippen molar-refractivity contribution in [3.63, 3.8) is 0 Å². The zero-order chi connectivity index (χ0) is 14.3. The number of unbranched alkanes of at least 4 members (excludes halogenated alkanes) is 1. The lowest BCUT2D eigenvalue weighted by molar-refractivity contribution is -0.137. The second-order valence-corrected chi connectivity index (χ2v) is 4.49. The number of nitrogens with zero attached hydrogens (tertiary/aromatic N) is 1. The topological polar surface area (TPSA) is 29.5 Å². The molecule has 0 aromatic heterocycles. The molecule has 0 radical (unpaired) electrons. The van der Waals surface area contributed by atoms with Gasteiger partial charge in [-0.3, -0.25) is 4.79 Å². The third-order valence-corrected chi connectivity index (χ3v) is 2.93. The van der Waals surface area contributed by atoms with Crippen LogP contribution in [0.3, 0.4) is 0 Å². The fourth-order valence-corrected chi connectivity index (χ4v) is 1.83. The molecule has 4 heteroatoms. The van der Waals surface area contributed by atoms with Crippen molar-refractivity contribution in [1.29, 1.82) is 0 Å². The lowest BCUT2D eigenvalue weighted by atomic mass is 10.2. The van der Waals surface area contributed by atoms with E-state index in [-0.39, 0.29) is 11.7 Å². The quantitative estimate of drug-likeness (QED) is 0.759. The largest absolute Gasteiger partial charge is 0.481 e. The Bertz CT molecular complexity index is 409. The maximum Gasteiger partial charge on any atom is 0.263 e. The number of carbonyl (C=O) groups is 1. The fraction of sp³-hybridized carbons (Fsp3) is 0.533. The third-order valence-electron chi connectivity index (χ3n) is 2.93. The number of benzene rings is 1. The summed E-state index contributed by atoms with van der Waals surface area (Å²) in [7, 11) is 0. The summed E-state index contributed by atoms with van der Waals surface area (Å²) in [5, 5.41) is 0. The maximum atomic E-state index is 13.0. The van der Waals surface area contributed by atoms with Gasteiger partial charge >= 0.3 is 0 Å². The molecule has 0 aliphatic carbocycles. The molecular formula is C15H22FNO2. The van der Waals surface area contributed by atoms with Gasteiger partial charge in [0.25, 0.3) is 5.91 Å². The van der Waals surface area contributed by atoms with Crippen LogP contribution in [-0.2, 0) is 4.79 Å². The van der Waals surface area contributed by atoms with Gasteiger partial charge in [-0.1, -0.05) is 19.4 Å². The van der Waals surface area contributed by atoms with Crippen molar-refractivity contribution in [3.05, 3.63) is 30.1 Å². The molecule has 106 valence electrons. The molecule has 1 aromatic carbocycles. The van der Waals surface area contributed by atoms with Gasteiger partial charge in [0.1, 0.15) is 11.6 Å². The molecule has 1 aromatic rings. The maximum absolute atomic E-state index is 13.0. The van der Waals surface area contributed by atoms with Crippen LogP contribution in [0.1, 0.15) is 33.6 Å². The number of amides is 1. The first-order valence-corrected chi connectivity index (χ1v) is 6.79. The lowest BCUT2D eigenvalue weighted by Crippen LogP contribution is -2.40. The minimum atomic E-state index is -0.599. The number of ether oxygens (including phenoxy) is 1. The van der Waals surface area contributed by atoms with Crippen LogP contribution in [0.15, 0.2) is 24.3 Å². The highest BCUT2D eigenvalue weighted by Gasteiger charge is 2.20. The molecule has 0 bridgehead atoms. The van der Waals surface area contributed by atoms with E-state index in [1.807, 2.05) is 6.92 Å². The highest BCUT2D eigenvalue weighted by Crippen LogP contribution is 2.14. The second-order valence-electron chi connectivity index (χ2n) is 4.49. The van der Waals surface area contributed by atoms with Crippen LogP contribution < -0.4 is 4.74 Å². The Morgan fingerprint density at radius 1 is 1.42 bits per heavy atom. The van der Waals surface area contributed by atoms with Crippen molar-refractivity contribution in [2.45, 2.75) is 39.7 Å². The Hall–Kier alpha value is -1.58. The summed E-state index contributed by atoms with van der Waals surface area (Å²) < 4.78 is 18.5. The number of hydrogen-bond donors (Lipinski definition) is 0. The van der Waals surface area contributed by atoms with Crippen molar-refractivity contribution in [2.75, 3.05) is 13.1 Å². The Morgan fingerprint density at radius 3 is 2.74 bits per heavy atom. The van der Waals surface area contributed by atoms with Gasteiger partial charge in [0.05, 0.1) is 0 Å². The summed E-state index contributed by atoms with van der Waals surface area (Å²) >= 11 is 0. The molecule has 0 aliphatic heterocycles. The summed E-state index contributed by atoms with van der Waals surface area (Å²) in [4.78, 5) is 13.9. The van der Waals surface area contributed by atoms with E-state index in [1.165, 1.54) is 12.1 Å². The van der Waals surface area contributed by atoms with Crippen molar-refractivity contribution in [2.24, 2.45) is 0 Å². The minimum Gasteiger partial charge on any atom is -0.481 e. The number of carbonyl (C=O) groups excluding carboxylic acids is 1. The van der Waals surface area contributed by atoms with Crippen molar-refractivity contribution in [1.82, 2.24) is 4.90 Å². The van der Waals surface area contributed by atoms with Gasteiger partial charge in [0.15, 0.2) is 6.10 Å². The number of rotatable bonds is 7. The fourth-order valence-electron chi connectivity index (χ4n) is 1.83. The summed E-state index contributed by atoms with van der Waals surface area (Å²) in [6, 6.07) is 5.84. The Balaban J connectivity index is 2.60. The van der Waals surface area contributed by atoms with Crippen LogP contribution in [-0.4, -0.2) is 30.0 Å². The SMILES string of the molecule is CCCCN(CC)C(=O)C(C)Oc1cccc(F)c1. The van der Waals surface area contributed by atoms with E-state index in [1.54, 1.807) is 24.0 Å². The van der Waals surface area contributed by atoms with Crippen LogP contribution in [0.2, 0.25) is 0 Å². The zero-order valence-electron chi connectivity index (χ0n) is 11.9. The molecule has 1 unspecified atom stereocenters. The van der Waals surface area contributed by atoms with Gasteiger partial charge < -0.3 is 9.64 Å². The third kappa shape index (κ3) is 4.89. The normalized spacial score (nSPS) is 12.0. The molecule has 1 atom stereocenters. The Morgan fingerprint density at radius 2 is 2.16 bits per heavy atom. The molecular weight excluding hydrogens is 245 g/mol. The molecule has 19 heavy (non-hydrogen) atoms. The summed E-state index contributed by atoms with van der Waals surface area (Å²) in [6.07, 6.45) is 1.42. The molecule has 1 amide bonds. The van der Waals surface area contributed by atoms with E-state index in [0.29, 0.717) is 12.3 Å². The van der Waals surface area contributed by atoms with Gasteiger partial charge in [0, 0.05) is 19.2 Å². The standard InChI is InChI=1S/C15H22FNO2/c1-4-6-10-17(5-2)15(18)12(3)19-14-9-7-8-13(16)11-14/h7-9,11-12H,4-6,10H2,1-3H3. The van der Waals surface area contributed by atoms with Crippen LogP contribution in [0, 0.1) is 5.82 Å². The van der Waals surface area contributed by atoms with Gasteiger partial charge in [-0.2, -0.15) is 0 Å². The first kappa shape index (κ1) is 15.5. The van der Waals surface area contributed by atoms with Crippen LogP contribution >= 0.6 is 0 Å². The van der Waals surface area contributed by atoms with Crippen LogP contribution in [0.5, 0.6) is 5.75 Å². The van der Waals surface area contributed by atoms with Crippen molar-refractivity contribution >= 4 is 5.91 Å². The summed E-state index contributed by atoms with van der Waals surface area (Å²) in [6.45, 7) is 7.13. The monoisotopic (exact) mass is 267 g/mol. The number of hydrogen-bond acceptors (Lipinski definition) is 2. The van der Waals surface area contributed by atoms with E-state index in [0.717, 1.165) is 19.4 Å².